The van der Waals surface area contributed by atoms with Gasteiger partial charge in [-0.2, -0.15) is 0 Å². The Labute approximate surface area is 149 Å². The molecular formula is C18H17N3O4S. The Morgan fingerprint density at radius 1 is 1.08 bits per heavy atom. The number of nitrogens with zero attached hydrogens (tertiary/aromatic N) is 1. The molecule has 0 saturated carbocycles. The third-order valence-corrected chi connectivity index (χ3v) is 6.65. The zero-order valence-corrected chi connectivity index (χ0v) is 14.8. The SMILES string of the molecule is CC1CCc2ccccc2N1S(=O)(=O)c1ccc2[nH]c(=O)[nH]c(=O)c2c1. The predicted octanol–water partition coefficient (Wildman–Crippen LogP) is 1.75. The van der Waals surface area contributed by atoms with Gasteiger partial charge in [0, 0.05) is 6.04 Å². The highest BCUT2D eigenvalue weighted by Crippen LogP contribution is 2.35. The van der Waals surface area contributed by atoms with Gasteiger partial charge in [0.25, 0.3) is 15.6 Å². The van der Waals surface area contributed by atoms with Crippen LogP contribution in [0.5, 0.6) is 0 Å². The van der Waals surface area contributed by atoms with Gasteiger partial charge < -0.3 is 4.98 Å². The fourth-order valence-corrected chi connectivity index (χ4v) is 5.19. The third-order valence-electron chi connectivity index (χ3n) is 4.73. The fourth-order valence-electron chi connectivity index (χ4n) is 3.44. The predicted molar refractivity (Wildman–Crippen MR) is 99.1 cm³/mol. The van der Waals surface area contributed by atoms with E-state index in [0.29, 0.717) is 11.2 Å². The van der Waals surface area contributed by atoms with Crippen molar-refractivity contribution in [2.24, 2.45) is 0 Å². The van der Waals surface area contributed by atoms with E-state index >= 15 is 0 Å². The van der Waals surface area contributed by atoms with Gasteiger partial charge in [0.15, 0.2) is 0 Å². The molecule has 2 heterocycles. The van der Waals surface area contributed by atoms with Crippen molar-refractivity contribution in [1.82, 2.24) is 9.97 Å². The lowest BCUT2D eigenvalue weighted by molar-refractivity contribution is 0.563. The van der Waals surface area contributed by atoms with Crippen LogP contribution in [0.1, 0.15) is 18.9 Å². The lowest BCUT2D eigenvalue weighted by Gasteiger charge is -2.36. The second kappa shape index (κ2) is 5.84. The average molecular weight is 371 g/mol. The van der Waals surface area contributed by atoms with E-state index in [4.69, 9.17) is 0 Å². The number of anilines is 1. The molecule has 7 nitrogen and oxygen atoms in total. The normalized spacial score (nSPS) is 17.3. The molecule has 0 bridgehead atoms. The Bertz CT molecular complexity index is 1230. The highest BCUT2D eigenvalue weighted by molar-refractivity contribution is 7.92. The minimum atomic E-state index is -3.85. The number of aryl methyl sites for hydroxylation is 1. The largest absolute Gasteiger partial charge is 0.326 e. The maximum atomic E-state index is 13.3. The first-order valence-electron chi connectivity index (χ1n) is 8.26. The molecule has 8 heteroatoms. The summed E-state index contributed by atoms with van der Waals surface area (Å²) >= 11 is 0. The zero-order chi connectivity index (χ0) is 18.5. The second-order valence-electron chi connectivity index (χ2n) is 6.43. The molecule has 0 aliphatic carbocycles. The van der Waals surface area contributed by atoms with E-state index in [2.05, 4.69) is 9.97 Å². The van der Waals surface area contributed by atoms with Crippen LogP contribution in [0.15, 0.2) is 56.9 Å². The number of rotatable bonds is 2. The molecule has 1 aromatic heterocycles. The van der Waals surface area contributed by atoms with Crippen molar-refractivity contribution in [2.75, 3.05) is 4.31 Å². The number of para-hydroxylation sites is 1. The first kappa shape index (κ1) is 16.6. The van der Waals surface area contributed by atoms with Crippen molar-refractivity contribution < 1.29 is 8.42 Å². The summed E-state index contributed by atoms with van der Waals surface area (Å²) < 4.78 is 28.1. The molecule has 0 saturated heterocycles. The average Bonchev–Trinajstić information content (AvgIpc) is 2.60. The summed E-state index contributed by atoms with van der Waals surface area (Å²) in [5.41, 5.74) is 0.702. The molecule has 1 unspecified atom stereocenters. The minimum Gasteiger partial charge on any atom is -0.307 e. The lowest BCUT2D eigenvalue weighted by Crippen LogP contribution is -2.42. The number of aromatic amines is 2. The number of sulfonamides is 1. The van der Waals surface area contributed by atoms with Crippen LogP contribution in [0.25, 0.3) is 10.9 Å². The lowest BCUT2D eigenvalue weighted by atomic mass is 9.99. The van der Waals surface area contributed by atoms with Gasteiger partial charge in [-0.1, -0.05) is 18.2 Å². The number of aromatic nitrogens is 2. The molecule has 2 aromatic carbocycles. The number of hydrogen-bond donors (Lipinski definition) is 2. The summed E-state index contributed by atoms with van der Waals surface area (Å²) in [5, 5.41) is 0.128. The third kappa shape index (κ3) is 2.53. The van der Waals surface area contributed by atoms with Crippen molar-refractivity contribution >= 4 is 26.6 Å². The van der Waals surface area contributed by atoms with Crippen LogP contribution >= 0.6 is 0 Å². The fraction of sp³-hybridized carbons (Fsp3) is 0.222. The zero-order valence-electron chi connectivity index (χ0n) is 14.0. The van der Waals surface area contributed by atoms with Crippen molar-refractivity contribution in [2.45, 2.75) is 30.7 Å². The Morgan fingerprint density at radius 3 is 2.65 bits per heavy atom. The van der Waals surface area contributed by atoms with E-state index in [1.165, 1.54) is 22.5 Å². The van der Waals surface area contributed by atoms with Crippen molar-refractivity contribution in [3.05, 3.63) is 68.9 Å². The molecule has 134 valence electrons. The first-order chi connectivity index (χ1) is 12.4. The van der Waals surface area contributed by atoms with Crippen LogP contribution < -0.4 is 15.6 Å². The molecule has 2 N–H and O–H groups in total. The van der Waals surface area contributed by atoms with E-state index in [9.17, 15) is 18.0 Å². The van der Waals surface area contributed by atoms with Crippen LogP contribution in [-0.2, 0) is 16.4 Å². The van der Waals surface area contributed by atoms with Crippen molar-refractivity contribution in [3.8, 4) is 0 Å². The topological polar surface area (TPSA) is 103 Å². The molecule has 3 aromatic rings. The molecule has 1 aliphatic rings. The van der Waals surface area contributed by atoms with Gasteiger partial charge in [-0.15, -0.1) is 0 Å². The van der Waals surface area contributed by atoms with Crippen molar-refractivity contribution in [1.29, 1.82) is 0 Å². The van der Waals surface area contributed by atoms with Crippen molar-refractivity contribution in [3.63, 3.8) is 0 Å². The van der Waals surface area contributed by atoms with E-state index in [0.717, 1.165) is 18.4 Å². The maximum Gasteiger partial charge on any atom is 0.326 e. The molecule has 0 amide bonds. The molecule has 0 spiro atoms. The molecule has 1 atom stereocenters. The number of hydrogen-bond acceptors (Lipinski definition) is 4. The number of benzene rings is 2. The van der Waals surface area contributed by atoms with E-state index < -0.39 is 21.3 Å². The van der Waals surface area contributed by atoms with E-state index in [1.54, 1.807) is 6.07 Å². The number of H-pyrrole nitrogens is 2. The van der Waals surface area contributed by atoms with E-state index in [1.807, 2.05) is 25.1 Å². The summed E-state index contributed by atoms with van der Waals surface area (Å²) in [5.74, 6) is 0. The maximum absolute atomic E-state index is 13.3. The van der Waals surface area contributed by atoms with Gasteiger partial charge in [-0.3, -0.25) is 14.1 Å². The van der Waals surface area contributed by atoms with E-state index in [-0.39, 0.29) is 16.3 Å². The van der Waals surface area contributed by atoms with Crippen LogP contribution in [0.2, 0.25) is 0 Å². The number of nitrogens with one attached hydrogen (secondary N) is 2. The van der Waals surface area contributed by atoms with Gasteiger partial charge in [-0.25, -0.2) is 13.2 Å². The first-order valence-corrected chi connectivity index (χ1v) is 9.70. The highest BCUT2D eigenvalue weighted by atomic mass is 32.2. The smallest absolute Gasteiger partial charge is 0.307 e. The molecule has 4 rings (SSSR count). The van der Waals surface area contributed by atoms with Gasteiger partial charge in [0.05, 0.1) is 21.5 Å². The summed E-state index contributed by atoms with van der Waals surface area (Å²) in [6.07, 6.45) is 1.54. The van der Waals surface area contributed by atoms with Crippen LogP contribution in [0.3, 0.4) is 0 Å². The summed E-state index contributed by atoms with van der Waals surface area (Å²) in [6.45, 7) is 1.87. The van der Waals surface area contributed by atoms with Gasteiger partial charge in [0.2, 0.25) is 0 Å². The molecular weight excluding hydrogens is 354 g/mol. The molecule has 1 aliphatic heterocycles. The molecule has 26 heavy (non-hydrogen) atoms. The second-order valence-corrected chi connectivity index (χ2v) is 8.25. The van der Waals surface area contributed by atoms with Gasteiger partial charge >= 0.3 is 5.69 Å². The highest BCUT2D eigenvalue weighted by Gasteiger charge is 2.33. The molecule has 0 fully saturated rings. The molecule has 0 radical (unpaired) electrons. The summed E-state index contributed by atoms with van der Waals surface area (Å²) in [4.78, 5) is 28.0. The van der Waals surface area contributed by atoms with Crippen LogP contribution in [0.4, 0.5) is 5.69 Å². The minimum absolute atomic E-state index is 0.0195. The summed E-state index contributed by atoms with van der Waals surface area (Å²) in [6, 6.07) is 11.4. The van der Waals surface area contributed by atoms with Crippen LogP contribution in [-0.4, -0.2) is 24.4 Å². The number of fused-ring (bicyclic) bond motifs is 2. The van der Waals surface area contributed by atoms with Gasteiger partial charge in [-0.05, 0) is 49.6 Å². The quantitative estimate of drug-likeness (QED) is 0.716. The Morgan fingerprint density at radius 2 is 1.85 bits per heavy atom. The Kier molecular flexibility index (Phi) is 3.73. The van der Waals surface area contributed by atoms with Gasteiger partial charge in [0.1, 0.15) is 0 Å². The Balaban J connectivity index is 1.91. The van der Waals surface area contributed by atoms with Crippen LogP contribution in [0, 0.1) is 0 Å². The summed E-state index contributed by atoms with van der Waals surface area (Å²) in [7, 11) is -3.85. The monoisotopic (exact) mass is 371 g/mol. The standard InChI is InChI=1S/C18H17N3O4S/c1-11-6-7-12-4-2-3-5-16(12)21(11)26(24,25)13-8-9-15-14(10-13)17(22)20-18(23)19-15/h2-5,8-11H,6-7H2,1H3,(H2,19,20,22,23). The Hall–Kier alpha value is -2.87.